The normalized spacial score (nSPS) is 10.0. The van der Waals surface area contributed by atoms with Gasteiger partial charge < -0.3 is 14.8 Å². The molecule has 0 unspecified atom stereocenters. The maximum atomic E-state index is 11.9. The van der Waals surface area contributed by atoms with Crippen LogP contribution in [0.4, 0.5) is 5.69 Å². The van der Waals surface area contributed by atoms with Crippen LogP contribution in [0, 0.1) is 6.92 Å². The summed E-state index contributed by atoms with van der Waals surface area (Å²) in [4.78, 5) is 11.9. The summed E-state index contributed by atoms with van der Waals surface area (Å²) < 4.78 is 10.9. The van der Waals surface area contributed by atoms with E-state index in [0.29, 0.717) is 12.4 Å². The van der Waals surface area contributed by atoms with Gasteiger partial charge in [-0.1, -0.05) is 24.3 Å². The minimum Gasteiger partial charge on any atom is -0.494 e. The van der Waals surface area contributed by atoms with E-state index in [1.165, 1.54) is 0 Å². The van der Waals surface area contributed by atoms with Gasteiger partial charge in [-0.05, 0) is 37.6 Å². The van der Waals surface area contributed by atoms with Gasteiger partial charge in [0.05, 0.1) is 6.61 Å². The third-order valence-electron chi connectivity index (χ3n) is 2.91. The molecule has 0 radical (unpaired) electrons. The Balaban J connectivity index is 1.89. The molecule has 0 aliphatic rings. The number of amides is 1. The number of nitrogens with one attached hydrogen (secondary N) is 1. The average molecular weight is 285 g/mol. The Kier molecular flexibility index (Phi) is 5.21. The smallest absolute Gasteiger partial charge is 0.262 e. The Morgan fingerprint density at radius 3 is 2.48 bits per heavy atom. The van der Waals surface area contributed by atoms with Crippen LogP contribution in [0.25, 0.3) is 0 Å². The Morgan fingerprint density at radius 1 is 1.05 bits per heavy atom. The second-order valence-corrected chi connectivity index (χ2v) is 4.56. The fourth-order valence-electron chi connectivity index (χ4n) is 1.87. The van der Waals surface area contributed by atoms with Crippen molar-refractivity contribution in [1.82, 2.24) is 0 Å². The number of ether oxygens (including phenoxy) is 2. The van der Waals surface area contributed by atoms with Gasteiger partial charge in [-0.25, -0.2) is 0 Å². The van der Waals surface area contributed by atoms with E-state index >= 15 is 0 Å². The van der Waals surface area contributed by atoms with Crippen molar-refractivity contribution < 1.29 is 14.3 Å². The van der Waals surface area contributed by atoms with Crippen molar-refractivity contribution in [2.24, 2.45) is 0 Å². The number of carbonyl (C=O) groups excluding carboxylic acids is 1. The lowest BCUT2D eigenvalue weighted by Gasteiger charge is -2.10. The van der Waals surface area contributed by atoms with E-state index in [1.807, 2.05) is 50.2 Å². The first kappa shape index (κ1) is 14.9. The molecule has 0 fully saturated rings. The molecule has 0 aromatic heterocycles. The highest BCUT2D eigenvalue weighted by atomic mass is 16.5. The van der Waals surface area contributed by atoms with Crippen molar-refractivity contribution in [3.63, 3.8) is 0 Å². The van der Waals surface area contributed by atoms with Crippen molar-refractivity contribution in [1.29, 1.82) is 0 Å². The van der Waals surface area contributed by atoms with E-state index in [-0.39, 0.29) is 12.5 Å². The molecule has 2 rings (SSSR count). The molecular formula is C17H19NO3. The van der Waals surface area contributed by atoms with Crippen LogP contribution in [-0.4, -0.2) is 19.1 Å². The summed E-state index contributed by atoms with van der Waals surface area (Å²) in [6, 6.07) is 14.9. The fourth-order valence-corrected chi connectivity index (χ4v) is 1.87. The number of hydrogen-bond donors (Lipinski definition) is 1. The maximum absolute atomic E-state index is 11.9. The highest BCUT2D eigenvalue weighted by Crippen LogP contribution is 2.19. The predicted molar refractivity (Wildman–Crippen MR) is 82.9 cm³/mol. The molecule has 0 heterocycles. The molecule has 1 N–H and O–H groups in total. The molecule has 0 aliphatic carbocycles. The van der Waals surface area contributed by atoms with Crippen LogP contribution >= 0.6 is 0 Å². The molecule has 0 saturated carbocycles. The number of benzene rings is 2. The SMILES string of the molecule is CCOc1cccc(OCC(=O)Nc2ccccc2C)c1. The van der Waals surface area contributed by atoms with Gasteiger partial charge in [-0.15, -0.1) is 0 Å². The highest BCUT2D eigenvalue weighted by Gasteiger charge is 2.06. The number of para-hydroxylation sites is 1. The van der Waals surface area contributed by atoms with Gasteiger partial charge in [-0.2, -0.15) is 0 Å². The summed E-state index contributed by atoms with van der Waals surface area (Å²) >= 11 is 0. The zero-order valence-electron chi connectivity index (χ0n) is 12.3. The minimum absolute atomic E-state index is 0.0378. The lowest BCUT2D eigenvalue weighted by atomic mass is 10.2. The van der Waals surface area contributed by atoms with Crippen molar-refractivity contribution in [3.8, 4) is 11.5 Å². The second kappa shape index (κ2) is 7.33. The first-order chi connectivity index (χ1) is 10.2. The van der Waals surface area contributed by atoms with Gasteiger partial charge in [0.15, 0.2) is 6.61 Å². The monoisotopic (exact) mass is 285 g/mol. The molecule has 0 aliphatic heterocycles. The molecule has 2 aromatic carbocycles. The summed E-state index contributed by atoms with van der Waals surface area (Å²) in [5, 5.41) is 2.83. The van der Waals surface area contributed by atoms with Gasteiger partial charge >= 0.3 is 0 Å². The van der Waals surface area contributed by atoms with Crippen molar-refractivity contribution >= 4 is 11.6 Å². The zero-order chi connectivity index (χ0) is 15.1. The third-order valence-corrected chi connectivity index (χ3v) is 2.91. The van der Waals surface area contributed by atoms with Crippen LogP contribution in [0.15, 0.2) is 48.5 Å². The zero-order valence-corrected chi connectivity index (χ0v) is 12.3. The fraction of sp³-hybridized carbons (Fsp3) is 0.235. The Labute approximate surface area is 124 Å². The highest BCUT2D eigenvalue weighted by molar-refractivity contribution is 5.92. The Hall–Kier alpha value is -2.49. The van der Waals surface area contributed by atoms with Crippen LogP contribution in [-0.2, 0) is 4.79 Å². The average Bonchev–Trinajstić information content (AvgIpc) is 2.48. The number of rotatable bonds is 6. The van der Waals surface area contributed by atoms with Gasteiger partial charge in [0, 0.05) is 11.8 Å². The summed E-state index contributed by atoms with van der Waals surface area (Å²) in [6.07, 6.45) is 0. The number of anilines is 1. The second-order valence-electron chi connectivity index (χ2n) is 4.56. The van der Waals surface area contributed by atoms with Crippen LogP contribution in [0.3, 0.4) is 0 Å². The van der Waals surface area contributed by atoms with Gasteiger partial charge in [0.2, 0.25) is 0 Å². The molecule has 0 bridgehead atoms. The van der Waals surface area contributed by atoms with Crippen LogP contribution < -0.4 is 14.8 Å². The van der Waals surface area contributed by atoms with Crippen LogP contribution in [0.2, 0.25) is 0 Å². The maximum Gasteiger partial charge on any atom is 0.262 e. The van der Waals surface area contributed by atoms with Gasteiger partial charge in [0.1, 0.15) is 11.5 Å². The molecule has 1 amide bonds. The van der Waals surface area contributed by atoms with E-state index in [4.69, 9.17) is 9.47 Å². The number of hydrogen-bond acceptors (Lipinski definition) is 3. The number of carbonyl (C=O) groups is 1. The molecule has 4 nitrogen and oxygen atoms in total. The molecular weight excluding hydrogens is 266 g/mol. The summed E-state index contributed by atoms with van der Waals surface area (Å²) in [6.45, 7) is 4.42. The van der Waals surface area contributed by atoms with Crippen LogP contribution in [0.1, 0.15) is 12.5 Å². The predicted octanol–water partition coefficient (Wildman–Crippen LogP) is 3.41. The van der Waals surface area contributed by atoms with Gasteiger partial charge in [0.25, 0.3) is 5.91 Å². The van der Waals surface area contributed by atoms with E-state index in [2.05, 4.69) is 5.32 Å². The third kappa shape index (κ3) is 4.53. The van der Waals surface area contributed by atoms with E-state index < -0.39 is 0 Å². The minimum atomic E-state index is -0.189. The first-order valence-corrected chi connectivity index (χ1v) is 6.90. The Morgan fingerprint density at radius 2 is 1.76 bits per heavy atom. The summed E-state index contributed by atoms with van der Waals surface area (Å²) in [5.41, 5.74) is 1.82. The molecule has 110 valence electrons. The molecule has 4 heteroatoms. The first-order valence-electron chi connectivity index (χ1n) is 6.90. The van der Waals surface area contributed by atoms with Crippen molar-refractivity contribution in [2.75, 3.05) is 18.5 Å². The van der Waals surface area contributed by atoms with Crippen molar-refractivity contribution in [3.05, 3.63) is 54.1 Å². The molecule has 2 aromatic rings. The quantitative estimate of drug-likeness (QED) is 0.884. The molecule has 0 spiro atoms. The molecule has 21 heavy (non-hydrogen) atoms. The Bertz CT molecular complexity index is 610. The van der Waals surface area contributed by atoms with E-state index in [0.717, 1.165) is 17.0 Å². The lowest BCUT2D eigenvalue weighted by molar-refractivity contribution is -0.118. The summed E-state index contributed by atoms with van der Waals surface area (Å²) in [5.74, 6) is 1.15. The van der Waals surface area contributed by atoms with E-state index in [9.17, 15) is 4.79 Å². The van der Waals surface area contributed by atoms with E-state index in [1.54, 1.807) is 12.1 Å². The van der Waals surface area contributed by atoms with Crippen molar-refractivity contribution in [2.45, 2.75) is 13.8 Å². The van der Waals surface area contributed by atoms with Crippen LogP contribution in [0.5, 0.6) is 11.5 Å². The molecule has 0 saturated heterocycles. The summed E-state index contributed by atoms with van der Waals surface area (Å²) in [7, 11) is 0. The largest absolute Gasteiger partial charge is 0.494 e. The lowest BCUT2D eigenvalue weighted by Crippen LogP contribution is -2.20. The van der Waals surface area contributed by atoms with Gasteiger partial charge in [-0.3, -0.25) is 4.79 Å². The standard InChI is InChI=1S/C17H19NO3/c1-3-20-14-8-6-9-15(11-14)21-12-17(19)18-16-10-5-4-7-13(16)2/h4-11H,3,12H2,1-2H3,(H,18,19). The topological polar surface area (TPSA) is 47.6 Å². The molecule has 0 atom stereocenters. The number of aryl methyl sites for hydroxylation is 1.